The summed E-state index contributed by atoms with van der Waals surface area (Å²) in [5.74, 6) is 0. The third-order valence-electron chi connectivity index (χ3n) is 2.32. The highest BCUT2D eigenvalue weighted by Crippen LogP contribution is 2.11. The van der Waals surface area contributed by atoms with Crippen molar-refractivity contribution in [2.75, 3.05) is 0 Å². The first-order valence-corrected chi connectivity index (χ1v) is 4.30. The zero-order chi connectivity index (χ0) is 9.54. The van der Waals surface area contributed by atoms with Crippen LogP contribution in [0.15, 0.2) is 35.3 Å². The van der Waals surface area contributed by atoms with E-state index in [1.165, 1.54) is 0 Å². The summed E-state index contributed by atoms with van der Waals surface area (Å²) >= 11 is 0. The topological polar surface area (TPSA) is 61.5 Å². The van der Waals surface area contributed by atoms with Gasteiger partial charge in [0.15, 0.2) is 5.43 Å². The lowest BCUT2D eigenvalue weighted by atomic mass is 10.2. The molecule has 2 heterocycles. The summed E-state index contributed by atoms with van der Waals surface area (Å²) in [7, 11) is 0. The third-order valence-corrected chi connectivity index (χ3v) is 2.32. The molecule has 2 N–H and O–H groups in total. The minimum Gasteiger partial charge on any atom is -0.339 e. The van der Waals surface area contributed by atoms with Gasteiger partial charge in [0, 0.05) is 5.39 Å². The molecule has 14 heavy (non-hydrogen) atoms. The number of hydrogen-bond acceptors (Lipinski definition) is 2. The monoisotopic (exact) mass is 185 g/mol. The van der Waals surface area contributed by atoms with Crippen molar-refractivity contribution in [1.29, 1.82) is 0 Å². The molecule has 0 atom stereocenters. The van der Waals surface area contributed by atoms with E-state index in [-0.39, 0.29) is 5.43 Å². The second-order valence-electron chi connectivity index (χ2n) is 3.16. The molecule has 0 aliphatic carbocycles. The molecule has 4 heteroatoms. The molecule has 0 aliphatic rings. The van der Waals surface area contributed by atoms with E-state index in [0.29, 0.717) is 16.4 Å². The van der Waals surface area contributed by atoms with Gasteiger partial charge in [-0.15, -0.1) is 0 Å². The van der Waals surface area contributed by atoms with E-state index in [4.69, 9.17) is 0 Å². The SMILES string of the molecule is O=c1c2ccccc2[nH]c2[nH]ncc12. The first kappa shape index (κ1) is 7.32. The Labute approximate surface area is 78.6 Å². The van der Waals surface area contributed by atoms with Gasteiger partial charge in [-0.05, 0) is 12.1 Å². The smallest absolute Gasteiger partial charge is 0.200 e. The van der Waals surface area contributed by atoms with Crippen LogP contribution in [0.25, 0.3) is 21.9 Å². The number of nitrogens with zero attached hydrogens (tertiary/aromatic N) is 1. The van der Waals surface area contributed by atoms with Crippen LogP contribution in [0.4, 0.5) is 0 Å². The molecule has 3 rings (SSSR count). The van der Waals surface area contributed by atoms with Crippen molar-refractivity contribution in [2.45, 2.75) is 0 Å². The maximum absolute atomic E-state index is 11.9. The van der Waals surface area contributed by atoms with Crippen LogP contribution < -0.4 is 5.43 Å². The van der Waals surface area contributed by atoms with Crippen molar-refractivity contribution in [1.82, 2.24) is 15.2 Å². The van der Waals surface area contributed by atoms with Crippen LogP contribution in [0.2, 0.25) is 0 Å². The van der Waals surface area contributed by atoms with Gasteiger partial charge in [-0.2, -0.15) is 5.10 Å². The van der Waals surface area contributed by atoms with Crippen LogP contribution >= 0.6 is 0 Å². The second-order valence-corrected chi connectivity index (χ2v) is 3.16. The van der Waals surface area contributed by atoms with Crippen LogP contribution in [0.1, 0.15) is 0 Å². The highest BCUT2D eigenvalue weighted by atomic mass is 16.1. The molecule has 68 valence electrons. The van der Waals surface area contributed by atoms with Crippen molar-refractivity contribution in [3.05, 3.63) is 40.7 Å². The fourth-order valence-corrected chi connectivity index (χ4v) is 1.62. The normalized spacial score (nSPS) is 11.1. The fourth-order valence-electron chi connectivity index (χ4n) is 1.62. The maximum atomic E-state index is 11.9. The summed E-state index contributed by atoms with van der Waals surface area (Å²) in [6.07, 6.45) is 1.54. The highest BCUT2D eigenvalue weighted by Gasteiger charge is 2.04. The van der Waals surface area contributed by atoms with Gasteiger partial charge >= 0.3 is 0 Å². The van der Waals surface area contributed by atoms with E-state index in [9.17, 15) is 4.79 Å². The van der Waals surface area contributed by atoms with E-state index in [2.05, 4.69) is 15.2 Å². The molecule has 0 fully saturated rings. The van der Waals surface area contributed by atoms with E-state index < -0.39 is 0 Å². The van der Waals surface area contributed by atoms with Crippen LogP contribution in [0.5, 0.6) is 0 Å². The minimum atomic E-state index is 0.0168. The predicted octanol–water partition coefficient (Wildman–Crippen LogP) is 1.40. The first-order valence-electron chi connectivity index (χ1n) is 4.30. The average Bonchev–Trinajstić information content (AvgIpc) is 2.66. The Morgan fingerprint density at radius 1 is 1.14 bits per heavy atom. The Hall–Kier alpha value is -2.10. The third kappa shape index (κ3) is 0.821. The second kappa shape index (κ2) is 2.45. The van der Waals surface area contributed by atoms with Gasteiger partial charge in [-0.3, -0.25) is 9.89 Å². The van der Waals surface area contributed by atoms with E-state index in [0.717, 1.165) is 5.52 Å². The minimum absolute atomic E-state index is 0.0168. The quantitative estimate of drug-likeness (QED) is 0.556. The highest BCUT2D eigenvalue weighted by molar-refractivity contribution is 5.90. The molecule has 0 aliphatic heterocycles. The van der Waals surface area contributed by atoms with Crippen LogP contribution in [0.3, 0.4) is 0 Å². The average molecular weight is 185 g/mol. The van der Waals surface area contributed by atoms with Crippen molar-refractivity contribution >= 4 is 21.9 Å². The van der Waals surface area contributed by atoms with E-state index in [1.807, 2.05) is 18.2 Å². The van der Waals surface area contributed by atoms with Gasteiger partial charge in [-0.1, -0.05) is 12.1 Å². The molecule has 0 saturated carbocycles. The van der Waals surface area contributed by atoms with Crippen LogP contribution in [-0.2, 0) is 0 Å². The first-order chi connectivity index (χ1) is 6.86. The Morgan fingerprint density at radius 3 is 2.93 bits per heavy atom. The number of nitrogens with one attached hydrogen (secondary N) is 2. The number of rotatable bonds is 0. The number of para-hydroxylation sites is 1. The predicted molar refractivity (Wildman–Crippen MR) is 54.2 cm³/mol. The van der Waals surface area contributed by atoms with Crippen molar-refractivity contribution in [2.24, 2.45) is 0 Å². The van der Waals surface area contributed by atoms with Gasteiger partial charge in [0.25, 0.3) is 0 Å². The molecule has 0 bridgehead atoms. The largest absolute Gasteiger partial charge is 0.339 e. The number of fused-ring (bicyclic) bond motifs is 2. The number of H-pyrrole nitrogens is 2. The lowest BCUT2D eigenvalue weighted by Gasteiger charge is -1.96. The molecule has 0 unspecified atom stereocenters. The molecule has 2 aromatic heterocycles. The zero-order valence-electron chi connectivity index (χ0n) is 7.24. The van der Waals surface area contributed by atoms with E-state index in [1.54, 1.807) is 12.3 Å². The number of hydrogen-bond donors (Lipinski definition) is 2. The standard InChI is InChI=1S/C10H7N3O/c14-9-6-3-1-2-4-8(6)12-10-7(9)5-11-13-10/h1-5H,(H2,11,12,13,14). The number of aromatic amines is 2. The summed E-state index contributed by atoms with van der Waals surface area (Å²) in [5.41, 5.74) is 1.52. The van der Waals surface area contributed by atoms with Crippen molar-refractivity contribution in [3.8, 4) is 0 Å². The summed E-state index contributed by atoms with van der Waals surface area (Å²) in [6, 6.07) is 7.42. The lowest BCUT2D eigenvalue weighted by molar-refractivity contribution is 1.10. The number of benzene rings is 1. The molecule has 3 aromatic rings. The molecule has 0 amide bonds. The summed E-state index contributed by atoms with van der Waals surface area (Å²) in [4.78, 5) is 15.0. The molecule has 1 aromatic carbocycles. The summed E-state index contributed by atoms with van der Waals surface area (Å²) < 4.78 is 0. The van der Waals surface area contributed by atoms with E-state index >= 15 is 0 Å². The summed E-state index contributed by atoms with van der Waals surface area (Å²) in [5, 5.41) is 7.87. The van der Waals surface area contributed by atoms with Crippen molar-refractivity contribution < 1.29 is 0 Å². The molecule has 0 spiro atoms. The van der Waals surface area contributed by atoms with Gasteiger partial charge in [0.1, 0.15) is 5.65 Å². The lowest BCUT2D eigenvalue weighted by Crippen LogP contribution is -2.02. The zero-order valence-corrected chi connectivity index (χ0v) is 7.24. The summed E-state index contributed by atoms with van der Waals surface area (Å²) in [6.45, 7) is 0. The number of pyridine rings is 1. The Bertz CT molecular complexity index is 665. The molecular weight excluding hydrogens is 178 g/mol. The Kier molecular flexibility index (Phi) is 1.28. The molecule has 0 saturated heterocycles. The van der Waals surface area contributed by atoms with Gasteiger partial charge in [0.05, 0.1) is 17.1 Å². The molecule has 0 radical (unpaired) electrons. The van der Waals surface area contributed by atoms with Crippen LogP contribution in [0, 0.1) is 0 Å². The molecule has 4 nitrogen and oxygen atoms in total. The number of aromatic nitrogens is 3. The Morgan fingerprint density at radius 2 is 2.00 bits per heavy atom. The van der Waals surface area contributed by atoms with Gasteiger partial charge < -0.3 is 4.98 Å². The van der Waals surface area contributed by atoms with Crippen LogP contribution in [-0.4, -0.2) is 15.2 Å². The molecular formula is C10H7N3O. The van der Waals surface area contributed by atoms with Crippen molar-refractivity contribution in [3.63, 3.8) is 0 Å². The fraction of sp³-hybridized carbons (Fsp3) is 0. The maximum Gasteiger partial charge on any atom is 0.200 e. The van der Waals surface area contributed by atoms with Gasteiger partial charge in [-0.25, -0.2) is 0 Å². The Balaban J connectivity index is 2.70. The van der Waals surface area contributed by atoms with Gasteiger partial charge in [0.2, 0.25) is 0 Å².